The Hall–Kier alpha value is -3.48. The lowest BCUT2D eigenvalue weighted by Crippen LogP contribution is -2.41. The second kappa shape index (κ2) is 13.4. The molecule has 0 saturated heterocycles. The van der Waals surface area contributed by atoms with Gasteiger partial charge >= 0.3 is 18.7 Å². The van der Waals surface area contributed by atoms with Gasteiger partial charge in [-0.1, -0.05) is 36.4 Å². The lowest BCUT2D eigenvalue weighted by atomic mass is 10.0. The van der Waals surface area contributed by atoms with Crippen LogP contribution in [0.3, 0.4) is 0 Å². The van der Waals surface area contributed by atoms with Gasteiger partial charge in [0, 0.05) is 12.2 Å². The zero-order valence-electron chi connectivity index (χ0n) is 19.3. The van der Waals surface area contributed by atoms with Crippen molar-refractivity contribution in [3.63, 3.8) is 0 Å². The Balaban J connectivity index is 0.00000161. The molecule has 3 aromatic rings. The molecule has 0 aliphatic carbocycles. The smallest absolute Gasteiger partial charge is 0.428 e. The third-order valence-corrected chi connectivity index (χ3v) is 4.92. The van der Waals surface area contributed by atoms with Crippen molar-refractivity contribution in [2.75, 3.05) is 18.4 Å². The summed E-state index contributed by atoms with van der Waals surface area (Å²) in [6.45, 7) is -2.99. The first-order valence-corrected chi connectivity index (χ1v) is 10.7. The van der Waals surface area contributed by atoms with Crippen molar-refractivity contribution in [3.8, 4) is 16.9 Å². The van der Waals surface area contributed by atoms with Crippen molar-refractivity contribution in [2.24, 2.45) is 0 Å². The monoisotopic (exact) mass is 557 g/mol. The SMILES string of the molecule is FCF.OC(CN(Cc1cccc(OC(F)(F)C(F)F)c1)c1cccc(-c2cccc(F)c2)c1)C(F)(F)F. The van der Waals surface area contributed by atoms with Crippen molar-refractivity contribution >= 4 is 5.69 Å². The van der Waals surface area contributed by atoms with Crippen molar-refractivity contribution in [1.82, 2.24) is 0 Å². The molecule has 13 heteroatoms. The number of ether oxygens (including phenoxy) is 1. The Morgan fingerprint density at radius 3 is 1.97 bits per heavy atom. The molecule has 0 heterocycles. The fraction of sp³-hybridized carbons (Fsp3) is 0.280. The van der Waals surface area contributed by atoms with Crippen LogP contribution in [0.2, 0.25) is 0 Å². The topological polar surface area (TPSA) is 32.7 Å². The summed E-state index contributed by atoms with van der Waals surface area (Å²) < 4.78 is 128. The molecule has 3 aromatic carbocycles. The highest BCUT2D eigenvalue weighted by molar-refractivity contribution is 5.68. The zero-order valence-corrected chi connectivity index (χ0v) is 19.3. The van der Waals surface area contributed by atoms with Crippen molar-refractivity contribution < 1.29 is 53.7 Å². The van der Waals surface area contributed by atoms with E-state index >= 15 is 0 Å². The summed E-state index contributed by atoms with van der Waals surface area (Å²) in [6.07, 6.45) is -16.5. The van der Waals surface area contributed by atoms with Gasteiger partial charge in [-0.05, 0) is 53.1 Å². The standard InChI is InChI=1S/C24H19F8NO2.CH2F2/c25-18-7-2-5-16(11-18)17-6-3-8-19(12-17)33(14-21(34)23(28,29)30)13-15-4-1-9-20(10-15)35-24(31,32)22(26)27;2-1-3/h1-12,21-22,34H,13-14H2;1H2. The molecule has 0 aliphatic heterocycles. The van der Waals surface area contributed by atoms with Crippen LogP contribution in [0.25, 0.3) is 11.1 Å². The highest BCUT2D eigenvalue weighted by Crippen LogP contribution is 2.31. The summed E-state index contributed by atoms with van der Waals surface area (Å²) in [5, 5.41) is 9.66. The summed E-state index contributed by atoms with van der Waals surface area (Å²) in [7, 11) is 0. The zero-order chi connectivity index (χ0) is 28.5. The Morgan fingerprint density at radius 1 is 0.816 bits per heavy atom. The molecule has 1 unspecified atom stereocenters. The highest BCUT2D eigenvalue weighted by Gasteiger charge is 2.44. The van der Waals surface area contributed by atoms with Gasteiger partial charge in [0.1, 0.15) is 11.6 Å². The Labute approximate surface area is 210 Å². The average molecular weight is 557 g/mol. The van der Waals surface area contributed by atoms with E-state index in [1.807, 2.05) is 0 Å². The molecule has 0 amide bonds. The van der Waals surface area contributed by atoms with Crippen LogP contribution in [0.15, 0.2) is 72.8 Å². The van der Waals surface area contributed by atoms with Crippen LogP contribution in [0.5, 0.6) is 5.75 Å². The quantitative estimate of drug-likeness (QED) is 0.276. The van der Waals surface area contributed by atoms with E-state index in [0.717, 1.165) is 17.0 Å². The first kappa shape index (κ1) is 30.7. The summed E-state index contributed by atoms with van der Waals surface area (Å²) in [5.41, 5.74) is 1.28. The fourth-order valence-corrected chi connectivity index (χ4v) is 3.25. The van der Waals surface area contributed by atoms with E-state index in [1.54, 1.807) is 12.1 Å². The van der Waals surface area contributed by atoms with E-state index in [1.165, 1.54) is 48.5 Å². The fourth-order valence-electron chi connectivity index (χ4n) is 3.25. The molecular weight excluding hydrogens is 536 g/mol. The van der Waals surface area contributed by atoms with E-state index in [2.05, 4.69) is 4.74 Å². The number of anilines is 1. The number of rotatable bonds is 9. The number of benzene rings is 3. The molecule has 3 rings (SSSR count). The number of aliphatic hydroxyl groups is 1. The van der Waals surface area contributed by atoms with Gasteiger partial charge in [0.25, 0.3) is 0 Å². The average Bonchev–Trinajstić information content (AvgIpc) is 2.83. The third kappa shape index (κ3) is 9.12. The lowest BCUT2D eigenvalue weighted by Gasteiger charge is -2.29. The van der Waals surface area contributed by atoms with Crippen LogP contribution in [0, 0.1) is 5.82 Å². The molecule has 0 aliphatic rings. The number of halogens is 10. The maximum absolute atomic E-state index is 13.6. The minimum absolute atomic E-state index is 0.151. The largest absolute Gasteiger partial charge is 0.461 e. The van der Waals surface area contributed by atoms with Gasteiger partial charge in [-0.3, -0.25) is 0 Å². The molecule has 0 radical (unpaired) electrons. The molecule has 0 bridgehead atoms. The van der Waals surface area contributed by atoms with Gasteiger partial charge in [0.2, 0.25) is 6.93 Å². The van der Waals surface area contributed by atoms with E-state index < -0.39 is 49.9 Å². The number of aliphatic hydroxyl groups excluding tert-OH is 1. The number of hydrogen-bond donors (Lipinski definition) is 1. The first-order valence-electron chi connectivity index (χ1n) is 10.7. The van der Waals surface area contributed by atoms with E-state index in [-0.39, 0.29) is 17.8 Å². The van der Waals surface area contributed by atoms with Crippen molar-refractivity contribution in [1.29, 1.82) is 0 Å². The van der Waals surface area contributed by atoms with E-state index in [0.29, 0.717) is 11.1 Å². The Morgan fingerprint density at radius 2 is 1.39 bits per heavy atom. The van der Waals surface area contributed by atoms with Crippen LogP contribution >= 0.6 is 0 Å². The van der Waals surface area contributed by atoms with Gasteiger partial charge in [-0.25, -0.2) is 13.2 Å². The van der Waals surface area contributed by atoms with Crippen LogP contribution in [0.1, 0.15) is 5.56 Å². The lowest BCUT2D eigenvalue weighted by molar-refractivity contribution is -0.253. The van der Waals surface area contributed by atoms with Crippen LogP contribution in [-0.4, -0.2) is 43.4 Å². The second-order valence-corrected chi connectivity index (χ2v) is 7.71. The van der Waals surface area contributed by atoms with Crippen molar-refractivity contribution in [3.05, 3.63) is 84.2 Å². The molecule has 1 atom stereocenters. The predicted molar refractivity (Wildman–Crippen MR) is 120 cm³/mol. The van der Waals surface area contributed by atoms with Gasteiger partial charge in [-0.15, -0.1) is 0 Å². The molecule has 0 aromatic heterocycles. The summed E-state index contributed by atoms with van der Waals surface area (Å²) in [5.74, 6) is -1.13. The first-order chi connectivity index (χ1) is 17.8. The molecule has 1 N–H and O–H groups in total. The van der Waals surface area contributed by atoms with E-state index in [4.69, 9.17) is 0 Å². The molecule has 38 heavy (non-hydrogen) atoms. The molecule has 0 fully saturated rings. The third-order valence-electron chi connectivity index (χ3n) is 4.92. The maximum Gasteiger partial charge on any atom is 0.461 e. The second-order valence-electron chi connectivity index (χ2n) is 7.71. The predicted octanol–water partition coefficient (Wildman–Crippen LogP) is 7.54. The van der Waals surface area contributed by atoms with Gasteiger partial charge in [0.15, 0.2) is 6.10 Å². The van der Waals surface area contributed by atoms with Crippen LogP contribution in [-0.2, 0) is 6.54 Å². The molecule has 0 spiro atoms. The number of alkyl halides is 9. The molecule has 0 saturated carbocycles. The van der Waals surface area contributed by atoms with Crippen molar-refractivity contribution in [2.45, 2.75) is 31.4 Å². The Kier molecular flexibility index (Phi) is 10.8. The maximum atomic E-state index is 13.6. The molecular formula is C25H21F10NO2. The minimum atomic E-state index is -4.94. The van der Waals surface area contributed by atoms with Gasteiger partial charge < -0.3 is 14.7 Å². The highest BCUT2D eigenvalue weighted by atomic mass is 19.4. The van der Waals surface area contributed by atoms with E-state index in [9.17, 15) is 49.0 Å². The summed E-state index contributed by atoms with van der Waals surface area (Å²) in [4.78, 5) is 1.13. The normalized spacial score (nSPS) is 12.5. The van der Waals surface area contributed by atoms with Gasteiger partial charge in [0.05, 0.1) is 6.54 Å². The molecule has 3 nitrogen and oxygen atoms in total. The van der Waals surface area contributed by atoms with Gasteiger partial charge in [-0.2, -0.15) is 30.7 Å². The number of nitrogens with zero attached hydrogens (tertiary/aromatic N) is 1. The summed E-state index contributed by atoms with van der Waals surface area (Å²) in [6, 6.07) is 16.2. The minimum Gasteiger partial charge on any atom is -0.428 e. The van der Waals surface area contributed by atoms with Crippen LogP contribution in [0.4, 0.5) is 49.6 Å². The molecule has 208 valence electrons. The number of hydrogen-bond acceptors (Lipinski definition) is 3. The summed E-state index contributed by atoms with van der Waals surface area (Å²) >= 11 is 0. The Bertz CT molecular complexity index is 1160. The van der Waals surface area contributed by atoms with Crippen LogP contribution < -0.4 is 9.64 Å².